The molecule has 0 unspecified atom stereocenters. The summed E-state index contributed by atoms with van der Waals surface area (Å²) >= 11 is 0. The van der Waals surface area contributed by atoms with Gasteiger partial charge in [0.1, 0.15) is 34.9 Å². The van der Waals surface area contributed by atoms with E-state index in [9.17, 15) is 22.0 Å². The maximum Gasteiger partial charge on any atom is 0.129 e. The third-order valence-electron chi connectivity index (χ3n) is 10.5. The van der Waals surface area contributed by atoms with Gasteiger partial charge in [-0.25, -0.2) is 31.9 Å². The van der Waals surface area contributed by atoms with Crippen LogP contribution in [0.15, 0.2) is 225 Å². The Bertz CT molecular complexity index is 2800. The first-order chi connectivity index (χ1) is 37.6. The summed E-state index contributed by atoms with van der Waals surface area (Å²) in [5, 5.41) is 0. The Morgan fingerprint density at radius 3 is 0.949 bits per heavy atom. The summed E-state index contributed by atoms with van der Waals surface area (Å²) in [4.78, 5) is 15.6. The molecule has 0 saturated heterocycles. The summed E-state index contributed by atoms with van der Waals surface area (Å²) < 4.78 is 62.2. The van der Waals surface area contributed by atoms with Crippen LogP contribution in [-0.4, -0.2) is 19.9 Å². The number of pyridine rings is 2. The summed E-state index contributed by atoms with van der Waals surface area (Å²) in [6, 6.07) is 60.4. The molecule has 0 aliphatic carbocycles. The molecule has 4 nitrogen and oxygen atoms in total. The van der Waals surface area contributed by atoms with E-state index in [1.807, 2.05) is 107 Å². The van der Waals surface area contributed by atoms with Gasteiger partial charge in [-0.3, -0.25) is 9.97 Å². The van der Waals surface area contributed by atoms with E-state index in [0.717, 1.165) is 23.1 Å². The lowest BCUT2D eigenvalue weighted by atomic mass is 10.1. The van der Waals surface area contributed by atoms with Crippen molar-refractivity contribution in [3.05, 3.63) is 332 Å². The molecule has 3 aromatic heterocycles. The summed E-state index contributed by atoms with van der Waals surface area (Å²) in [6.45, 7) is 26.7. The SMILES string of the molecule is Cc1cc(F)c(C)c(F)c1.Cc1ccc(C)c(F)c1.Cc1ccc(C)cc1.Cc1ccc(F)cc1F.Cc1cccc(C)c1.Cc1ccccc1.Cc1ccccc1.Cc1ccccn1.Cc1cccnc1.Cc1ncccn1. The lowest BCUT2D eigenvalue weighted by Crippen LogP contribution is -1.88. The standard InChI is InChI=1S/C8H8F2.C8H9F.2C8H10.C7H6F2.2C7H8.2C6H7N.C5H6N2/c1-5-3-7(9)6(2)8(10)4-5;1-6-3-4-7(2)8(9)5-6;1-7-3-5-8(2)6-4-7;1-7-4-3-5-8(2)6-7;1-5-2-3-6(8)4-7(5)9;2*1-7-5-3-2-4-6-7;1-6-3-2-4-7-5-6;1-6-4-2-3-5-7-6;1-5-6-3-2-4-7-5/h3-4H,1-2H3;3-5H,1-2H3;2*3-6H,1-2H3;2-4H,1H3;2*2-6H,1H3;2*2-5H,1H3;2-4H,1H3. The number of aryl methyl sites for hydroxylation is 13. The molecule has 9 heteroatoms. The first kappa shape index (κ1) is 68.6. The Hall–Kier alpha value is -8.43. The van der Waals surface area contributed by atoms with E-state index in [1.165, 1.54) is 76.2 Å². The van der Waals surface area contributed by atoms with Gasteiger partial charge in [-0.15, -0.1) is 0 Å². The van der Waals surface area contributed by atoms with Crippen molar-refractivity contribution in [3.8, 4) is 0 Å². The van der Waals surface area contributed by atoms with Gasteiger partial charge in [-0.05, 0) is 173 Å². The Morgan fingerprint density at radius 2 is 0.658 bits per heavy atom. The molecule has 0 atom stereocenters. The minimum atomic E-state index is -0.530. The molecule has 0 bridgehead atoms. The van der Waals surface area contributed by atoms with Gasteiger partial charge in [-0.2, -0.15) is 0 Å². The Balaban J connectivity index is 0.000000440. The molecule has 0 aliphatic rings. The van der Waals surface area contributed by atoms with Crippen molar-refractivity contribution >= 4 is 0 Å². The summed E-state index contributed by atoms with van der Waals surface area (Å²) in [6.07, 6.45) is 8.84. The van der Waals surface area contributed by atoms with E-state index < -0.39 is 23.3 Å². The molecule has 0 saturated carbocycles. The highest BCUT2D eigenvalue weighted by Crippen LogP contribution is 2.13. The van der Waals surface area contributed by atoms with Crippen molar-refractivity contribution in [1.82, 2.24) is 19.9 Å². The average molecular weight is 1070 g/mol. The monoisotopic (exact) mass is 1070 g/mol. The Morgan fingerprint density at radius 1 is 0.266 bits per heavy atom. The van der Waals surface area contributed by atoms with E-state index in [2.05, 4.69) is 134 Å². The summed E-state index contributed by atoms with van der Waals surface area (Å²) in [7, 11) is 0. The zero-order chi connectivity index (χ0) is 59.0. The molecular weight excluding hydrogens is 992 g/mol. The van der Waals surface area contributed by atoms with Gasteiger partial charge in [0.25, 0.3) is 0 Å². The van der Waals surface area contributed by atoms with Crippen LogP contribution in [0.4, 0.5) is 22.0 Å². The van der Waals surface area contributed by atoms with Crippen molar-refractivity contribution in [2.45, 2.75) is 96.9 Å². The topological polar surface area (TPSA) is 51.6 Å². The second-order valence-electron chi connectivity index (χ2n) is 18.4. The second kappa shape index (κ2) is 40.8. The fourth-order valence-corrected chi connectivity index (χ4v) is 5.82. The third-order valence-corrected chi connectivity index (χ3v) is 10.5. The van der Waals surface area contributed by atoms with Crippen LogP contribution < -0.4 is 0 Å². The molecule has 10 aromatic rings. The zero-order valence-corrected chi connectivity index (χ0v) is 48.5. The van der Waals surface area contributed by atoms with Crippen LogP contribution in [0, 0.1) is 126 Å². The number of hydrogen-bond acceptors (Lipinski definition) is 4. The molecule has 10 rings (SSSR count). The van der Waals surface area contributed by atoms with E-state index in [0.29, 0.717) is 16.7 Å². The number of halogens is 5. The predicted molar refractivity (Wildman–Crippen MR) is 322 cm³/mol. The number of benzene rings is 7. The van der Waals surface area contributed by atoms with Crippen molar-refractivity contribution < 1.29 is 22.0 Å². The molecule has 0 radical (unpaired) electrons. The molecule has 0 amide bonds. The highest BCUT2D eigenvalue weighted by molar-refractivity contribution is 5.25. The smallest absolute Gasteiger partial charge is 0.129 e. The van der Waals surface area contributed by atoms with Crippen molar-refractivity contribution in [2.75, 3.05) is 0 Å². The van der Waals surface area contributed by atoms with Crippen LogP contribution in [0.5, 0.6) is 0 Å². The molecule has 0 spiro atoms. The second-order valence-corrected chi connectivity index (χ2v) is 18.4. The maximum atomic E-state index is 12.6. The van der Waals surface area contributed by atoms with Gasteiger partial charge in [0.05, 0.1) is 0 Å². The fraction of sp³-hybridized carbons (Fsp3) is 0.200. The molecule has 414 valence electrons. The van der Waals surface area contributed by atoms with E-state index >= 15 is 0 Å². The average Bonchev–Trinajstić information content (AvgIpc) is 3.42. The van der Waals surface area contributed by atoms with Crippen LogP contribution >= 0.6 is 0 Å². The first-order valence-electron chi connectivity index (χ1n) is 25.7. The molecule has 3 heterocycles. The van der Waals surface area contributed by atoms with E-state index in [4.69, 9.17) is 0 Å². The van der Waals surface area contributed by atoms with Crippen LogP contribution in [0.3, 0.4) is 0 Å². The summed E-state index contributed by atoms with van der Waals surface area (Å²) in [5.74, 6) is -1.26. The van der Waals surface area contributed by atoms with Gasteiger partial charge in [0.15, 0.2) is 0 Å². The van der Waals surface area contributed by atoms with Crippen molar-refractivity contribution in [3.63, 3.8) is 0 Å². The minimum absolute atomic E-state index is 0.0885. The highest BCUT2D eigenvalue weighted by atomic mass is 19.1. The Labute approximate surface area is 469 Å². The molecule has 0 aliphatic heterocycles. The van der Waals surface area contributed by atoms with Crippen molar-refractivity contribution in [2.24, 2.45) is 0 Å². The van der Waals surface area contributed by atoms with Gasteiger partial charge in [0, 0.05) is 48.3 Å². The quantitative estimate of drug-likeness (QED) is 0.142. The summed E-state index contributed by atoms with van der Waals surface area (Å²) in [5.41, 5.74) is 13.1. The lowest BCUT2D eigenvalue weighted by Gasteiger charge is -1.98. The number of aromatic nitrogens is 4. The van der Waals surface area contributed by atoms with Crippen LogP contribution in [0.2, 0.25) is 0 Å². The molecule has 0 fully saturated rings. The molecule has 0 N–H and O–H groups in total. The van der Waals surface area contributed by atoms with Crippen LogP contribution in [-0.2, 0) is 0 Å². The highest BCUT2D eigenvalue weighted by Gasteiger charge is 2.03. The van der Waals surface area contributed by atoms with Crippen LogP contribution in [0.25, 0.3) is 0 Å². The van der Waals surface area contributed by atoms with Gasteiger partial charge >= 0.3 is 0 Å². The predicted octanol–water partition coefficient (Wildman–Crippen LogP) is 19.5. The fourth-order valence-electron chi connectivity index (χ4n) is 5.82. The van der Waals surface area contributed by atoms with Gasteiger partial charge in [0.2, 0.25) is 0 Å². The van der Waals surface area contributed by atoms with Crippen molar-refractivity contribution in [1.29, 1.82) is 0 Å². The normalized spacial score (nSPS) is 9.20. The number of nitrogens with zero attached hydrogens (tertiary/aromatic N) is 4. The zero-order valence-electron chi connectivity index (χ0n) is 48.5. The Kier molecular flexibility index (Phi) is 35.4. The molecular formula is C70H79F5N4. The largest absolute Gasteiger partial charge is 0.264 e. The molecule has 7 aromatic carbocycles. The first-order valence-corrected chi connectivity index (χ1v) is 25.7. The minimum Gasteiger partial charge on any atom is -0.264 e. The maximum absolute atomic E-state index is 12.6. The van der Waals surface area contributed by atoms with Gasteiger partial charge < -0.3 is 0 Å². The molecule has 79 heavy (non-hydrogen) atoms. The number of rotatable bonds is 0. The van der Waals surface area contributed by atoms with E-state index in [1.54, 1.807) is 57.7 Å². The lowest BCUT2D eigenvalue weighted by molar-refractivity contribution is 0.566. The number of hydrogen-bond donors (Lipinski definition) is 0. The van der Waals surface area contributed by atoms with E-state index in [-0.39, 0.29) is 11.4 Å². The van der Waals surface area contributed by atoms with Gasteiger partial charge in [-0.1, -0.05) is 173 Å². The van der Waals surface area contributed by atoms with Crippen LogP contribution in [0.1, 0.15) is 78.3 Å². The third kappa shape index (κ3) is 36.3.